The van der Waals surface area contributed by atoms with Crippen molar-refractivity contribution in [2.75, 3.05) is 39.0 Å². The predicted molar refractivity (Wildman–Crippen MR) is 155 cm³/mol. The Labute approximate surface area is 259 Å². The summed E-state index contributed by atoms with van der Waals surface area (Å²) in [7, 11) is -4.13. The molecule has 0 aliphatic carbocycles. The maximum absolute atomic E-state index is 14.5. The number of sulfonamides is 1. The highest BCUT2D eigenvalue weighted by Gasteiger charge is 2.48. The molecule has 2 heterocycles. The molecule has 0 bridgehead atoms. The molecule has 0 amide bonds. The van der Waals surface area contributed by atoms with E-state index in [4.69, 9.17) is 23.2 Å². The van der Waals surface area contributed by atoms with E-state index in [2.05, 4.69) is 4.90 Å². The zero-order valence-electron chi connectivity index (χ0n) is 22.9. The Morgan fingerprint density at radius 2 is 1.56 bits per heavy atom. The SMILES string of the molecule is CN(C[C@@H](CCN1CCC2(CC1)C[S+]([O-])c1ccccc12)c1ccc(Cl)c(Cl)c1)S(=O)(=O)c1c(F)c(F)c(F)c(F)c1F. The van der Waals surface area contributed by atoms with Crippen molar-refractivity contribution in [1.29, 1.82) is 0 Å². The fraction of sp³-hybridized carbons (Fsp3) is 0.379. The summed E-state index contributed by atoms with van der Waals surface area (Å²) in [6.45, 7) is 1.59. The summed E-state index contributed by atoms with van der Waals surface area (Å²) in [4.78, 5) is 1.18. The van der Waals surface area contributed by atoms with Crippen LogP contribution in [0.2, 0.25) is 10.0 Å². The molecule has 43 heavy (non-hydrogen) atoms. The topological polar surface area (TPSA) is 63.7 Å². The number of nitrogens with zero attached hydrogens (tertiary/aromatic N) is 2. The van der Waals surface area contributed by atoms with Crippen LogP contribution in [0.25, 0.3) is 0 Å². The van der Waals surface area contributed by atoms with Gasteiger partial charge in [-0.1, -0.05) is 47.5 Å². The van der Waals surface area contributed by atoms with E-state index in [9.17, 15) is 34.9 Å². The van der Waals surface area contributed by atoms with Crippen LogP contribution in [0.1, 0.15) is 36.3 Å². The number of fused-ring (bicyclic) bond motifs is 2. The molecule has 0 radical (unpaired) electrons. The van der Waals surface area contributed by atoms with Gasteiger partial charge in [0.25, 0.3) is 0 Å². The maximum atomic E-state index is 14.5. The number of likely N-dealkylation sites (tertiary alicyclic amines) is 1. The normalized spacial score (nSPS) is 19.3. The lowest BCUT2D eigenvalue weighted by molar-refractivity contribution is 0.165. The summed E-state index contributed by atoms with van der Waals surface area (Å²) in [5.41, 5.74) is 1.55. The molecular formula is C29H27Cl2F5N2O3S2. The van der Waals surface area contributed by atoms with Gasteiger partial charge in [0.05, 0.1) is 10.0 Å². The molecule has 2 atom stereocenters. The van der Waals surface area contributed by atoms with Crippen LogP contribution < -0.4 is 0 Å². The molecule has 5 rings (SSSR count). The van der Waals surface area contributed by atoms with Crippen LogP contribution in [0.15, 0.2) is 52.3 Å². The van der Waals surface area contributed by atoms with Gasteiger partial charge in [-0.25, -0.2) is 34.7 Å². The van der Waals surface area contributed by atoms with E-state index in [0.29, 0.717) is 41.7 Å². The minimum Gasteiger partial charge on any atom is -0.611 e. The smallest absolute Gasteiger partial charge is 0.248 e. The summed E-state index contributed by atoms with van der Waals surface area (Å²) >= 11 is 11.2. The highest BCUT2D eigenvalue weighted by molar-refractivity contribution is 7.91. The van der Waals surface area contributed by atoms with E-state index in [0.717, 1.165) is 30.3 Å². The van der Waals surface area contributed by atoms with Crippen molar-refractivity contribution in [3.8, 4) is 0 Å². The Morgan fingerprint density at radius 3 is 2.19 bits per heavy atom. The van der Waals surface area contributed by atoms with Gasteiger partial charge in [0.2, 0.25) is 15.8 Å². The molecule has 2 aliphatic rings. The van der Waals surface area contributed by atoms with Gasteiger partial charge in [-0.15, -0.1) is 0 Å². The summed E-state index contributed by atoms with van der Waals surface area (Å²) in [6, 6.07) is 12.5. The first kappa shape index (κ1) is 32.5. The van der Waals surface area contributed by atoms with Gasteiger partial charge in [0.1, 0.15) is 5.75 Å². The van der Waals surface area contributed by atoms with E-state index in [1.165, 1.54) is 6.07 Å². The van der Waals surface area contributed by atoms with Crippen LogP contribution in [0.4, 0.5) is 22.0 Å². The zero-order chi connectivity index (χ0) is 31.3. The summed E-state index contributed by atoms with van der Waals surface area (Å²) in [6.07, 6.45) is 1.97. The number of rotatable bonds is 8. The molecule has 3 aromatic carbocycles. The van der Waals surface area contributed by atoms with E-state index in [1.54, 1.807) is 12.1 Å². The third-order valence-corrected chi connectivity index (χ3v) is 12.7. The van der Waals surface area contributed by atoms with Gasteiger partial charge >= 0.3 is 0 Å². The molecule has 0 saturated carbocycles. The number of piperidine rings is 1. The molecule has 5 nitrogen and oxygen atoms in total. The zero-order valence-corrected chi connectivity index (χ0v) is 26.0. The van der Waals surface area contributed by atoms with E-state index < -0.39 is 61.1 Å². The summed E-state index contributed by atoms with van der Waals surface area (Å²) in [5, 5.41) is 0.476. The Bertz CT molecular complexity index is 1630. The highest BCUT2D eigenvalue weighted by atomic mass is 35.5. The van der Waals surface area contributed by atoms with Crippen LogP contribution >= 0.6 is 23.2 Å². The van der Waals surface area contributed by atoms with Crippen LogP contribution in [-0.2, 0) is 26.6 Å². The van der Waals surface area contributed by atoms with Crippen LogP contribution in [0.3, 0.4) is 0 Å². The number of hydrogen-bond acceptors (Lipinski definition) is 4. The van der Waals surface area contributed by atoms with E-state index >= 15 is 0 Å². The van der Waals surface area contributed by atoms with Crippen molar-refractivity contribution in [3.63, 3.8) is 0 Å². The lowest BCUT2D eigenvalue weighted by atomic mass is 9.74. The number of hydrogen-bond donors (Lipinski definition) is 0. The molecule has 0 aromatic heterocycles. The molecular weight excluding hydrogens is 654 g/mol. The van der Waals surface area contributed by atoms with Gasteiger partial charge in [0, 0.05) is 24.6 Å². The second-order valence-electron chi connectivity index (χ2n) is 11.0. The lowest BCUT2D eigenvalue weighted by Gasteiger charge is -2.38. The van der Waals surface area contributed by atoms with Gasteiger partial charge in [0.15, 0.2) is 33.1 Å². The Balaban J connectivity index is 1.35. The van der Waals surface area contributed by atoms with E-state index in [-0.39, 0.29) is 22.0 Å². The Morgan fingerprint density at radius 1 is 0.953 bits per heavy atom. The van der Waals surface area contributed by atoms with Gasteiger partial charge in [-0.05, 0) is 79.8 Å². The van der Waals surface area contributed by atoms with E-state index in [1.807, 2.05) is 24.3 Å². The molecule has 2 aliphatic heterocycles. The van der Waals surface area contributed by atoms with Crippen molar-refractivity contribution < 1.29 is 34.9 Å². The molecule has 14 heteroatoms. The monoisotopic (exact) mass is 680 g/mol. The van der Waals surface area contributed by atoms with Gasteiger partial charge in [-0.3, -0.25) is 0 Å². The van der Waals surface area contributed by atoms with Crippen molar-refractivity contribution in [2.45, 2.75) is 40.4 Å². The molecule has 232 valence electrons. The standard InChI is InChI=1S/C29H27Cl2F5N2O3S2/c1-37(43(40,41)28-26(35)24(33)23(32)25(34)27(28)36)15-18(17-6-7-20(30)21(31)14-17)8-11-38-12-9-29(10-13-38)16-42(39)22-5-3-2-4-19(22)29/h2-7,14,18H,8-13,15-16H2,1H3/t18-,42?/m1/s1. The van der Waals surface area contributed by atoms with Crippen LogP contribution in [0, 0.1) is 29.1 Å². The lowest BCUT2D eigenvalue weighted by Crippen LogP contribution is -2.44. The highest BCUT2D eigenvalue weighted by Crippen LogP contribution is 2.46. The minimum atomic E-state index is -5.14. The number of halogens is 7. The third kappa shape index (κ3) is 6.04. The van der Waals surface area contributed by atoms with Crippen molar-refractivity contribution >= 4 is 44.4 Å². The fourth-order valence-corrected chi connectivity index (χ4v) is 9.46. The Hall–Kier alpha value is -1.93. The number of likely N-dealkylation sites (N-methyl/N-ethyl adjacent to an activating group) is 1. The van der Waals surface area contributed by atoms with Crippen LogP contribution in [0.5, 0.6) is 0 Å². The third-order valence-electron chi connectivity index (χ3n) is 8.45. The average Bonchev–Trinajstić information content (AvgIpc) is 3.26. The van der Waals surface area contributed by atoms with Crippen LogP contribution in [-0.4, -0.2) is 61.2 Å². The molecule has 1 spiro atoms. The molecule has 0 N–H and O–H groups in total. The second kappa shape index (κ2) is 12.5. The number of benzene rings is 3. The molecule has 3 aromatic rings. The minimum absolute atomic E-state index is 0.163. The quantitative estimate of drug-likeness (QED) is 0.116. The Kier molecular flexibility index (Phi) is 9.41. The predicted octanol–water partition coefficient (Wildman–Crippen LogP) is 6.64. The van der Waals surface area contributed by atoms with Crippen molar-refractivity contribution in [3.05, 3.63) is 92.7 Å². The van der Waals surface area contributed by atoms with Crippen molar-refractivity contribution in [1.82, 2.24) is 9.21 Å². The second-order valence-corrected chi connectivity index (χ2v) is 15.2. The van der Waals surface area contributed by atoms with Gasteiger partial charge < -0.3 is 9.45 Å². The summed E-state index contributed by atoms with van der Waals surface area (Å²) in [5.74, 6) is -12.0. The largest absolute Gasteiger partial charge is 0.611 e. The first-order valence-corrected chi connectivity index (χ1v) is 16.9. The first-order valence-electron chi connectivity index (χ1n) is 13.4. The molecule has 1 unspecified atom stereocenters. The fourth-order valence-electron chi connectivity index (χ4n) is 5.97. The molecule has 1 saturated heterocycles. The first-order chi connectivity index (χ1) is 20.3. The average molecular weight is 682 g/mol. The van der Waals surface area contributed by atoms with Gasteiger partial charge in [-0.2, -0.15) is 0 Å². The van der Waals surface area contributed by atoms with Crippen molar-refractivity contribution in [2.24, 2.45) is 0 Å². The summed E-state index contributed by atoms with van der Waals surface area (Å²) < 4.78 is 110. The maximum Gasteiger partial charge on any atom is 0.248 e. The molecule has 1 fully saturated rings.